The quantitative estimate of drug-likeness (QED) is 0.809. The van der Waals surface area contributed by atoms with Crippen LogP contribution < -0.4 is 0 Å². The molecule has 0 radical (unpaired) electrons. The van der Waals surface area contributed by atoms with E-state index in [1.807, 2.05) is 0 Å². The van der Waals surface area contributed by atoms with E-state index in [2.05, 4.69) is 0 Å². The number of carboxylic acid groups (broad SMARTS) is 1. The minimum atomic E-state index is -2.94. The second-order valence-electron chi connectivity index (χ2n) is 8.22. The summed E-state index contributed by atoms with van der Waals surface area (Å²) in [7, 11) is -2.94. The van der Waals surface area contributed by atoms with E-state index in [0.29, 0.717) is 25.2 Å². The molecule has 2 heterocycles. The molecule has 7 heteroatoms. The van der Waals surface area contributed by atoms with Gasteiger partial charge in [0, 0.05) is 12.0 Å². The molecule has 4 unspecified atom stereocenters. The molecule has 4 rings (SSSR count). The highest BCUT2D eigenvalue weighted by Gasteiger charge is 2.62. The van der Waals surface area contributed by atoms with Gasteiger partial charge in [0.15, 0.2) is 0 Å². The van der Waals surface area contributed by atoms with Gasteiger partial charge in [-0.15, -0.1) is 0 Å². The molecule has 0 aromatic rings. The van der Waals surface area contributed by atoms with Crippen LogP contribution in [0.5, 0.6) is 0 Å². The molecule has 2 aliphatic carbocycles. The molecule has 1 spiro atoms. The molecular weight excluding hydrogens is 330 g/mol. The molecule has 4 atom stereocenters. The Balaban J connectivity index is 1.52. The van der Waals surface area contributed by atoms with E-state index < -0.39 is 21.8 Å². The molecule has 0 aromatic heterocycles. The maximum absolute atomic E-state index is 13.1. The summed E-state index contributed by atoms with van der Waals surface area (Å²) in [5.74, 6) is -0.397. The van der Waals surface area contributed by atoms with Crippen molar-refractivity contribution in [2.24, 2.45) is 17.3 Å². The molecule has 1 N–H and O–H groups in total. The smallest absolute Gasteiger partial charge is 0.326 e. The van der Waals surface area contributed by atoms with Crippen molar-refractivity contribution in [3.63, 3.8) is 0 Å². The predicted molar refractivity (Wildman–Crippen MR) is 87.1 cm³/mol. The van der Waals surface area contributed by atoms with Gasteiger partial charge in [-0.3, -0.25) is 4.79 Å². The number of amides is 1. The second kappa shape index (κ2) is 5.44. The molecule has 0 bridgehead atoms. The third kappa shape index (κ3) is 2.55. The Morgan fingerprint density at radius 3 is 2.42 bits per heavy atom. The Hall–Kier alpha value is -1.11. The van der Waals surface area contributed by atoms with Crippen LogP contribution in [0.25, 0.3) is 0 Å². The zero-order valence-corrected chi connectivity index (χ0v) is 14.6. The monoisotopic (exact) mass is 355 g/mol. The maximum Gasteiger partial charge on any atom is 0.326 e. The summed E-state index contributed by atoms with van der Waals surface area (Å²) < 4.78 is 23.3. The van der Waals surface area contributed by atoms with Crippen molar-refractivity contribution >= 4 is 21.7 Å². The lowest BCUT2D eigenvalue weighted by molar-refractivity contribution is -0.150. The summed E-state index contributed by atoms with van der Waals surface area (Å²) in [6.07, 6.45) is 6.56. The van der Waals surface area contributed by atoms with Crippen LogP contribution in [0, 0.1) is 17.3 Å². The minimum Gasteiger partial charge on any atom is -0.480 e. The molecule has 4 aliphatic rings. The Morgan fingerprint density at radius 1 is 1.08 bits per heavy atom. The highest BCUT2D eigenvalue weighted by molar-refractivity contribution is 7.91. The number of carboxylic acids is 1. The van der Waals surface area contributed by atoms with Crippen LogP contribution in [-0.4, -0.2) is 53.9 Å². The van der Waals surface area contributed by atoms with Crippen LogP contribution in [0.3, 0.4) is 0 Å². The number of carbonyl (C=O) groups is 2. The lowest BCUT2D eigenvalue weighted by Gasteiger charge is -2.34. The molecule has 1 amide bonds. The summed E-state index contributed by atoms with van der Waals surface area (Å²) in [5, 5.41) is 9.58. The fraction of sp³-hybridized carbons (Fsp3) is 0.882. The number of aliphatic carboxylic acids is 1. The van der Waals surface area contributed by atoms with Crippen molar-refractivity contribution in [3.8, 4) is 0 Å². The van der Waals surface area contributed by atoms with E-state index >= 15 is 0 Å². The van der Waals surface area contributed by atoms with Gasteiger partial charge >= 0.3 is 5.97 Å². The van der Waals surface area contributed by atoms with Gasteiger partial charge in [0.1, 0.15) is 15.9 Å². The largest absolute Gasteiger partial charge is 0.480 e. The Bertz CT molecular complexity index is 658. The van der Waals surface area contributed by atoms with E-state index in [0.717, 1.165) is 32.1 Å². The number of sulfone groups is 1. The van der Waals surface area contributed by atoms with E-state index in [1.54, 1.807) is 4.90 Å². The van der Waals surface area contributed by atoms with Gasteiger partial charge in [0.05, 0.1) is 11.5 Å². The van der Waals surface area contributed by atoms with Gasteiger partial charge in [-0.1, -0.05) is 12.8 Å². The van der Waals surface area contributed by atoms with E-state index in [-0.39, 0.29) is 34.8 Å². The summed E-state index contributed by atoms with van der Waals surface area (Å²) in [4.78, 5) is 26.5. The van der Waals surface area contributed by atoms with E-state index in [1.165, 1.54) is 0 Å². The van der Waals surface area contributed by atoms with E-state index in [9.17, 15) is 23.1 Å². The number of carbonyl (C=O) groups excluding carboxylic acids is 1. The van der Waals surface area contributed by atoms with Gasteiger partial charge < -0.3 is 10.0 Å². The minimum absolute atomic E-state index is 0.0175. The molecule has 0 aromatic carbocycles. The zero-order chi connectivity index (χ0) is 17.1. The molecule has 134 valence electrons. The van der Waals surface area contributed by atoms with E-state index in [4.69, 9.17) is 0 Å². The Labute approximate surface area is 142 Å². The van der Waals surface area contributed by atoms with Crippen LogP contribution in [-0.2, 0) is 19.4 Å². The fourth-order valence-corrected chi connectivity index (χ4v) is 7.01. The first-order chi connectivity index (χ1) is 11.3. The molecule has 2 saturated heterocycles. The SMILES string of the molecule is O=C(O)C1CC2CCCCC2N1C(=O)C1CC12CCS(=O)(=O)CC2. The van der Waals surface area contributed by atoms with Gasteiger partial charge in [0.25, 0.3) is 0 Å². The molecule has 6 nitrogen and oxygen atoms in total. The highest BCUT2D eigenvalue weighted by Crippen LogP contribution is 2.61. The lowest BCUT2D eigenvalue weighted by Crippen LogP contribution is -2.47. The summed E-state index contributed by atoms with van der Waals surface area (Å²) in [6.45, 7) is 0. The summed E-state index contributed by atoms with van der Waals surface area (Å²) in [6, 6.07) is -0.604. The number of likely N-dealkylation sites (tertiary alicyclic amines) is 1. The molecule has 2 saturated carbocycles. The van der Waals surface area contributed by atoms with Crippen LogP contribution in [0.15, 0.2) is 0 Å². The molecule has 2 aliphatic heterocycles. The van der Waals surface area contributed by atoms with Crippen LogP contribution in [0.1, 0.15) is 51.4 Å². The van der Waals surface area contributed by atoms with Gasteiger partial charge in [-0.2, -0.15) is 0 Å². The highest BCUT2D eigenvalue weighted by atomic mass is 32.2. The standard InChI is InChI=1S/C17H25NO5S/c19-15(12-10-17(12)5-7-24(22,23)8-6-17)18-13-4-2-1-3-11(13)9-14(18)16(20)21/h11-14H,1-10H2,(H,20,21). The summed E-state index contributed by atoms with van der Waals surface area (Å²) in [5.41, 5.74) is -0.168. The normalized spacial score (nSPS) is 39.4. The van der Waals surface area contributed by atoms with Crippen molar-refractivity contribution in [2.45, 2.75) is 63.5 Å². The molecule has 24 heavy (non-hydrogen) atoms. The first-order valence-electron chi connectivity index (χ1n) is 9.08. The number of hydrogen-bond donors (Lipinski definition) is 1. The van der Waals surface area contributed by atoms with Crippen molar-refractivity contribution in [1.29, 1.82) is 0 Å². The number of hydrogen-bond acceptors (Lipinski definition) is 4. The Kier molecular flexibility index (Phi) is 3.71. The van der Waals surface area contributed by atoms with Crippen molar-refractivity contribution < 1.29 is 23.1 Å². The molecular formula is C17H25NO5S. The zero-order valence-electron chi connectivity index (χ0n) is 13.8. The first kappa shape index (κ1) is 16.4. The van der Waals surface area contributed by atoms with Crippen LogP contribution in [0.4, 0.5) is 0 Å². The average molecular weight is 355 g/mol. The third-order valence-electron chi connectivity index (χ3n) is 6.94. The topological polar surface area (TPSA) is 91.8 Å². The number of fused-ring (bicyclic) bond motifs is 1. The van der Waals surface area contributed by atoms with Crippen molar-refractivity contribution in [1.82, 2.24) is 4.90 Å². The number of nitrogens with zero attached hydrogens (tertiary/aromatic N) is 1. The van der Waals surface area contributed by atoms with Crippen LogP contribution in [0.2, 0.25) is 0 Å². The Morgan fingerprint density at radius 2 is 1.75 bits per heavy atom. The average Bonchev–Trinajstić information content (AvgIpc) is 3.11. The van der Waals surface area contributed by atoms with Crippen LogP contribution >= 0.6 is 0 Å². The van der Waals surface area contributed by atoms with Gasteiger partial charge in [0.2, 0.25) is 5.91 Å². The summed E-state index contributed by atoms with van der Waals surface area (Å²) >= 11 is 0. The number of rotatable bonds is 2. The van der Waals surface area contributed by atoms with Crippen molar-refractivity contribution in [2.75, 3.05) is 11.5 Å². The predicted octanol–water partition coefficient (Wildman–Crippen LogP) is 1.45. The molecule has 4 fully saturated rings. The van der Waals surface area contributed by atoms with Gasteiger partial charge in [-0.05, 0) is 49.9 Å². The fourth-order valence-electron chi connectivity index (χ4n) is 5.37. The van der Waals surface area contributed by atoms with Gasteiger partial charge in [-0.25, -0.2) is 13.2 Å². The van der Waals surface area contributed by atoms with Crippen molar-refractivity contribution in [3.05, 3.63) is 0 Å². The maximum atomic E-state index is 13.1. The first-order valence-corrected chi connectivity index (χ1v) is 10.9. The lowest BCUT2D eigenvalue weighted by atomic mass is 9.84. The third-order valence-corrected chi connectivity index (χ3v) is 8.59. The second-order valence-corrected chi connectivity index (χ2v) is 10.5.